The number of hydrogen-bond donors (Lipinski definition) is 0. The molecule has 1 aromatic heterocycles. The molecule has 2 heterocycles. The zero-order chi connectivity index (χ0) is 14.3. The van der Waals surface area contributed by atoms with E-state index in [1.165, 1.54) is 11.1 Å². The number of benzene rings is 1. The van der Waals surface area contributed by atoms with Crippen LogP contribution in [0.1, 0.15) is 17.5 Å². The Morgan fingerprint density at radius 3 is 2.19 bits per heavy atom. The molecular weight excluding hydrogens is 262 g/mol. The fourth-order valence-electron chi connectivity index (χ4n) is 2.31. The SMILES string of the molecule is C(=Cc1cc[n+](CCC2OCCO2)cc1)c1ccccc1. The molecule has 0 radical (unpaired) electrons. The molecule has 3 nitrogen and oxygen atoms in total. The molecule has 0 spiro atoms. The minimum absolute atomic E-state index is 0.0323. The molecule has 0 aliphatic carbocycles. The van der Waals surface area contributed by atoms with Crippen molar-refractivity contribution in [3.8, 4) is 0 Å². The van der Waals surface area contributed by atoms with E-state index in [1.54, 1.807) is 0 Å². The van der Waals surface area contributed by atoms with Crippen LogP contribution in [0.25, 0.3) is 12.2 Å². The van der Waals surface area contributed by atoms with Crippen molar-refractivity contribution >= 4 is 12.2 Å². The molecule has 1 aromatic carbocycles. The summed E-state index contributed by atoms with van der Waals surface area (Å²) in [6, 6.07) is 14.6. The molecule has 2 aromatic rings. The number of hydrogen-bond acceptors (Lipinski definition) is 2. The zero-order valence-electron chi connectivity index (χ0n) is 12.0. The molecule has 0 bridgehead atoms. The smallest absolute Gasteiger partial charge is 0.169 e. The molecular formula is C18H20NO2+. The van der Waals surface area contributed by atoms with E-state index in [2.05, 4.69) is 53.4 Å². The molecule has 0 saturated carbocycles. The summed E-state index contributed by atoms with van der Waals surface area (Å²) in [6.07, 6.45) is 9.31. The van der Waals surface area contributed by atoms with Crippen LogP contribution in [0.5, 0.6) is 0 Å². The predicted octanol–water partition coefficient (Wildman–Crippen LogP) is 2.91. The summed E-state index contributed by atoms with van der Waals surface area (Å²) in [5.41, 5.74) is 2.41. The van der Waals surface area contributed by atoms with Gasteiger partial charge in [0.1, 0.15) is 0 Å². The lowest BCUT2D eigenvalue weighted by Gasteiger charge is -2.05. The molecule has 0 N–H and O–H groups in total. The van der Waals surface area contributed by atoms with Gasteiger partial charge in [-0.05, 0) is 11.1 Å². The molecule has 1 fully saturated rings. The lowest BCUT2D eigenvalue weighted by Crippen LogP contribution is -2.34. The van der Waals surface area contributed by atoms with Gasteiger partial charge in [-0.15, -0.1) is 0 Å². The largest absolute Gasteiger partial charge is 0.350 e. The van der Waals surface area contributed by atoms with E-state index in [0.717, 1.165) is 26.2 Å². The number of ether oxygens (including phenoxy) is 2. The van der Waals surface area contributed by atoms with Crippen molar-refractivity contribution in [3.05, 3.63) is 66.0 Å². The van der Waals surface area contributed by atoms with Crippen LogP contribution < -0.4 is 4.57 Å². The molecule has 1 aliphatic heterocycles. The lowest BCUT2D eigenvalue weighted by molar-refractivity contribution is -0.698. The zero-order valence-corrected chi connectivity index (χ0v) is 12.0. The molecule has 3 heteroatoms. The number of nitrogens with zero attached hydrogens (tertiary/aromatic N) is 1. The van der Waals surface area contributed by atoms with Crippen LogP contribution in [0.3, 0.4) is 0 Å². The van der Waals surface area contributed by atoms with Crippen LogP contribution in [0, 0.1) is 0 Å². The van der Waals surface area contributed by atoms with Gasteiger partial charge in [0.05, 0.1) is 19.6 Å². The third-order valence-electron chi connectivity index (χ3n) is 3.50. The van der Waals surface area contributed by atoms with Gasteiger partial charge in [0.15, 0.2) is 25.2 Å². The van der Waals surface area contributed by atoms with Crippen molar-refractivity contribution in [2.75, 3.05) is 13.2 Å². The van der Waals surface area contributed by atoms with Gasteiger partial charge in [0.2, 0.25) is 0 Å². The van der Waals surface area contributed by atoms with Crippen LogP contribution in [0.2, 0.25) is 0 Å². The Morgan fingerprint density at radius 1 is 0.905 bits per heavy atom. The van der Waals surface area contributed by atoms with Gasteiger partial charge >= 0.3 is 0 Å². The van der Waals surface area contributed by atoms with Crippen molar-refractivity contribution in [2.45, 2.75) is 19.3 Å². The quantitative estimate of drug-likeness (QED) is 0.787. The maximum absolute atomic E-state index is 5.44. The van der Waals surface area contributed by atoms with Gasteiger partial charge in [-0.25, -0.2) is 4.57 Å². The molecule has 0 unspecified atom stereocenters. The Hall–Kier alpha value is -1.97. The number of rotatable bonds is 5. The Bertz CT molecular complexity index is 572. The molecule has 3 rings (SSSR count). The van der Waals surface area contributed by atoms with E-state index in [0.29, 0.717) is 0 Å². The number of aromatic nitrogens is 1. The van der Waals surface area contributed by atoms with Gasteiger partial charge < -0.3 is 9.47 Å². The first-order chi connectivity index (χ1) is 10.4. The monoisotopic (exact) mass is 282 g/mol. The van der Waals surface area contributed by atoms with Crippen LogP contribution in [0.15, 0.2) is 54.9 Å². The maximum Gasteiger partial charge on any atom is 0.169 e. The Balaban J connectivity index is 1.55. The van der Waals surface area contributed by atoms with Crippen molar-refractivity contribution in [2.24, 2.45) is 0 Å². The van der Waals surface area contributed by atoms with E-state index in [9.17, 15) is 0 Å². The normalized spacial score (nSPS) is 15.8. The standard InChI is InChI=1S/C18H20NO2/c1-2-4-16(5-3-1)6-7-17-8-11-19(12-9-17)13-10-18-20-14-15-21-18/h1-9,11-12,18H,10,13-15H2/q+1. The predicted molar refractivity (Wildman–Crippen MR) is 82.3 cm³/mol. The summed E-state index contributed by atoms with van der Waals surface area (Å²) in [5, 5.41) is 0. The van der Waals surface area contributed by atoms with Crippen molar-refractivity contribution in [1.29, 1.82) is 0 Å². The van der Waals surface area contributed by atoms with Gasteiger partial charge in [-0.1, -0.05) is 42.5 Å². The Morgan fingerprint density at radius 2 is 1.52 bits per heavy atom. The summed E-state index contributed by atoms with van der Waals surface area (Å²) < 4.78 is 13.0. The summed E-state index contributed by atoms with van der Waals surface area (Å²) in [5.74, 6) is 0. The summed E-state index contributed by atoms with van der Waals surface area (Å²) in [4.78, 5) is 0. The number of aryl methyl sites for hydroxylation is 1. The van der Waals surface area contributed by atoms with Crippen molar-refractivity contribution < 1.29 is 14.0 Å². The minimum atomic E-state index is -0.0323. The van der Waals surface area contributed by atoms with Gasteiger partial charge in [0.25, 0.3) is 0 Å². The lowest BCUT2D eigenvalue weighted by atomic mass is 10.1. The molecule has 0 atom stereocenters. The van der Waals surface area contributed by atoms with E-state index in [4.69, 9.17) is 9.47 Å². The molecule has 1 aliphatic rings. The molecule has 1 saturated heterocycles. The molecule has 108 valence electrons. The third-order valence-corrected chi connectivity index (χ3v) is 3.50. The van der Waals surface area contributed by atoms with Crippen LogP contribution in [-0.4, -0.2) is 19.5 Å². The first-order valence-corrected chi connectivity index (χ1v) is 7.36. The molecule has 0 amide bonds. The first-order valence-electron chi connectivity index (χ1n) is 7.36. The minimum Gasteiger partial charge on any atom is -0.350 e. The van der Waals surface area contributed by atoms with Gasteiger partial charge in [-0.2, -0.15) is 0 Å². The van der Waals surface area contributed by atoms with Crippen LogP contribution >= 0.6 is 0 Å². The Kier molecular flexibility index (Phi) is 4.77. The van der Waals surface area contributed by atoms with Gasteiger partial charge in [-0.3, -0.25) is 0 Å². The highest BCUT2D eigenvalue weighted by Crippen LogP contribution is 2.08. The summed E-state index contributed by atoms with van der Waals surface area (Å²) in [6.45, 7) is 2.35. The van der Waals surface area contributed by atoms with Crippen molar-refractivity contribution in [1.82, 2.24) is 0 Å². The average molecular weight is 282 g/mol. The highest BCUT2D eigenvalue weighted by atomic mass is 16.7. The van der Waals surface area contributed by atoms with E-state index in [1.807, 2.05) is 18.2 Å². The van der Waals surface area contributed by atoms with Gasteiger partial charge in [0, 0.05) is 12.1 Å². The van der Waals surface area contributed by atoms with Crippen LogP contribution in [-0.2, 0) is 16.0 Å². The first kappa shape index (κ1) is 14.0. The summed E-state index contributed by atoms with van der Waals surface area (Å²) >= 11 is 0. The number of pyridine rings is 1. The Labute approximate surface area is 125 Å². The molecule has 21 heavy (non-hydrogen) atoms. The average Bonchev–Trinajstić information content (AvgIpc) is 3.06. The fourth-order valence-corrected chi connectivity index (χ4v) is 2.31. The fraction of sp³-hybridized carbons (Fsp3) is 0.278. The highest BCUT2D eigenvalue weighted by molar-refractivity contribution is 5.68. The third kappa shape index (κ3) is 4.25. The summed E-state index contributed by atoms with van der Waals surface area (Å²) in [7, 11) is 0. The van der Waals surface area contributed by atoms with E-state index < -0.39 is 0 Å². The second-order valence-corrected chi connectivity index (χ2v) is 5.07. The van der Waals surface area contributed by atoms with E-state index >= 15 is 0 Å². The highest BCUT2D eigenvalue weighted by Gasteiger charge is 2.17. The second kappa shape index (κ2) is 7.16. The topological polar surface area (TPSA) is 22.3 Å². The second-order valence-electron chi connectivity index (χ2n) is 5.07. The van der Waals surface area contributed by atoms with E-state index in [-0.39, 0.29) is 6.29 Å². The van der Waals surface area contributed by atoms with Crippen LogP contribution in [0.4, 0.5) is 0 Å². The maximum atomic E-state index is 5.44. The van der Waals surface area contributed by atoms with Crippen molar-refractivity contribution in [3.63, 3.8) is 0 Å².